The van der Waals surface area contributed by atoms with Crippen LogP contribution in [-0.2, 0) is 14.3 Å². The molecule has 2 rings (SSSR count). The zero-order chi connectivity index (χ0) is 17.0. The molecule has 1 aliphatic rings. The highest BCUT2D eigenvalue weighted by molar-refractivity contribution is 6.06. The van der Waals surface area contributed by atoms with Gasteiger partial charge in [-0.25, -0.2) is 0 Å². The number of hydrogen-bond donors (Lipinski definition) is 0. The van der Waals surface area contributed by atoms with Gasteiger partial charge in [0, 0.05) is 13.6 Å². The highest BCUT2D eigenvalue weighted by Crippen LogP contribution is 2.33. The quantitative estimate of drug-likeness (QED) is 0.620. The molecule has 0 spiro atoms. The van der Waals surface area contributed by atoms with Crippen LogP contribution in [0.5, 0.6) is 0 Å². The molecule has 0 radical (unpaired) electrons. The van der Waals surface area contributed by atoms with E-state index in [9.17, 15) is 9.59 Å². The summed E-state index contributed by atoms with van der Waals surface area (Å²) >= 11 is 0. The van der Waals surface area contributed by atoms with Crippen molar-refractivity contribution < 1.29 is 14.3 Å². The van der Waals surface area contributed by atoms with Gasteiger partial charge in [0.2, 0.25) is 5.91 Å². The fraction of sp³-hybridized carbons (Fsp3) is 0.444. The number of fused-ring (bicyclic) bond motifs is 1. The third kappa shape index (κ3) is 3.62. The molecule has 0 saturated carbocycles. The summed E-state index contributed by atoms with van der Waals surface area (Å²) < 4.78 is 5.58. The lowest BCUT2D eigenvalue weighted by atomic mass is 10.1. The molecule has 0 fully saturated rings. The van der Waals surface area contributed by atoms with Crippen molar-refractivity contribution >= 4 is 23.2 Å². The van der Waals surface area contributed by atoms with Crippen LogP contribution in [0.2, 0.25) is 0 Å². The molecule has 1 aromatic carbocycles. The molecule has 2 amide bonds. The SMILES string of the molecule is C=CCCO[C@H](C)C(=O)N1C[C@H](C)C(=O)N(C)c2ccccc21. The predicted molar refractivity (Wildman–Crippen MR) is 91.6 cm³/mol. The Hall–Kier alpha value is -2.14. The zero-order valence-electron chi connectivity index (χ0n) is 14.0. The number of anilines is 2. The van der Waals surface area contributed by atoms with Crippen molar-refractivity contribution in [1.29, 1.82) is 0 Å². The molecular formula is C18H24N2O3. The van der Waals surface area contributed by atoms with E-state index in [0.717, 1.165) is 11.4 Å². The largest absolute Gasteiger partial charge is 0.368 e. The van der Waals surface area contributed by atoms with Gasteiger partial charge >= 0.3 is 0 Å². The van der Waals surface area contributed by atoms with Gasteiger partial charge in [-0.05, 0) is 25.5 Å². The van der Waals surface area contributed by atoms with E-state index < -0.39 is 6.10 Å². The standard InChI is InChI=1S/C18H24N2O3/c1-5-6-11-23-14(3)18(22)20-12-13(2)17(21)19(4)15-9-7-8-10-16(15)20/h5,7-10,13-14H,1,6,11-12H2,2-4H3/t13-,14+/m0/s1. The van der Waals surface area contributed by atoms with E-state index in [1.165, 1.54) is 0 Å². The molecule has 0 aliphatic carbocycles. The van der Waals surface area contributed by atoms with Gasteiger partial charge in [0.1, 0.15) is 6.10 Å². The van der Waals surface area contributed by atoms with Gasteiger partial charge in [0.15, 0.2) is 0 Å². The molecule has 5 nitrogen and oxygen atoms in total. The molecule has 23 heavy (non-hydrogen) atoms. The van der Waals surface area contributed by atoms with E-state index >= 15 is 0 Å². The van der Waals surface area contributed by atoms with Crippen LogP contribution in [0.1, 0.15) is 20.3 Å². The minimum absolute atomic E-state index is 0.00739. The van der Waals surface area contributed by atoms with Crippen molar-refractivity contribution in [3.8, 4) is 0 Å². The second-order valence-electron chi connectivity index (χ2n) is 5.83. The Labute approximate surface area is 137 Å². The third-order valence-electron chi connectivity index (χ3n) is 4.05. The third-order valence-corrected chi connectivity index (χ3v) is 4.05. The normalized spacial score (nSPS) is 19.1. The van der Waals surface area contributed by atoms with Gasteiger partial charge in [-0.15, -0.1) is 6.58 Å². The minimum Gasteiger partial charge on any atom is -0.368 e. The lowest BCUT2D eigenvalue weighted by Crippen LogP contribution is -2.42. The lowest BCUT2D eigenvalue weighted by Gasteiger charge is -2.26. The molecule has 1 aliphatic heterocycles. The number of carbonyl (C=O) groups excluding carboxylic acids is 2. The van der Waals surface area contributed by atoms with Crippen molar-refractivity contribution in [2.45, 2.75) is 26.4 Å². The van der Waals surface area contributed by atoms with Crippen LogP contribution < -0.4 is 9.80 Å². The molecule has 0 unspecified atom stereocenters. The zero-order valence-corrected chi connectivity index (χ0v) is 14.0. The van der Waals surface area contributed by atoms with E-state index in [4.69, 9.17) is 4.74 Å². The molecule has 2 atom stereocenters. The van der Waals surface area contributed by atoms with Crippen LogP contribution in [0.25, 0.3) is 0 Å². The summed E-state index contributed by atoms with van der Waals surface area (Å²) in [7, 11) is 1.75. The van der Waals surface area contributed by atoms with Crippen LogP contribution in [0.4, 0.5) is 11.4 Å². The molecule has 1 heterocycles. The summed E-state index contributed by atoms with van der Waals surface area (Å²) in [5.41, 5.74) is 1.49. The van der Waals surface area contributed by atoms with Crippen LogP contribution >= 0.6 is 0 Å². The van der Waals surface area contributed by atoms with Crippen LogP contribution in [-0.4, -0.2) is 38.1 Å². The monoisotopic (exact) mass is 316 g/mol. The van der Waals surface area contributed by atoms with Crippen molar-refractivity contribution in [2.75, 3.05) is 30.0 Å². The molecule has 5 heteroatoms. The lowest BCUT2D eigenvalue weighted by molar-refractivity contribution is -0.129. The first kappa shape index (κ1) is 17.2. The highest BCUT2D eigenvalue weighted by Gasteiger charge is 2.33. The van der Waals surface area contributed by atoms with Crippen LogP contribution in [0.15, 0.2) is 36.9 Å². The van der Waals surface area contributed by atoms with Gasteiger partial charge in [-0.1, -0.05) is 25.1 Å². The first-order chi connectivity index (χ1) is 11.0. The van der Waals surface area contributed by atoms with Crippen LogP contribution in [0, 0.1) is 5.92 Å². The van der Waals surface area contributed by atoms with Gasteiger partial charge in [0.25, 0.3) is 5.91 Å². The Morgan fingerprint density at radius 3 is 2.74 bits per heavy atom. The summed E-state index contributed by atoms with van der Waals surface area (Å²) in [6.45, 7) is 8.04. The van der Waals surface area contributed by atoms with Crippen molar-refractivity contribution in [3.05, 3.63) is 36.9 Å². The average molecular weight is 316 g/mol. The molecule has 1 aromatic rings. The van der Waals surface area contributed by atoms with E-state index in [1.807, 2.05) is 31.2 Å². The van der Waals surface area contributed by atoms with Crippen molar-refractivity contribution in [3.63, 3.8) is 0 Å². The number of ether oxygens (including phenoxy) is 1. The Kier molecular flexibility index (Phi) is 5.55. The Balaban J connectivity index is 2.29. The number of nitrogens with zero attached hydrogens (tertiary/aromatic N) is 2. The fourth-order valence-electron chi connectivity index (χ4n) is 2.70. The Morgan fingerprint density at radius 2 is 2.09 bits per heavy atom. The first-order valence-corrected chi connectivity index (χ1v) is 7.87. The molecular weight excluding hydrogens is 292 g/mol. The Morgan fingerprint density at radius 1 is 1.43 bits per heavy atom. The van der Waals surface area contributed by atoms with Gasteiger partial charge in [-0.2, -0.15) is 0 Å². The maximum absolute atomic E-state index is 12.8. The number of para-hydroxylation sites is 2. The second kappa shape index (κ2) is 7.42. The number of amides is 2. The summed E-state index contributed by atoms with van der Waals surface area (Å²) in [5.74, 6) is -0.388. The number of benzene rings is 1. The molecule has 0 N–H and O–H groups in total. The average Bonchev–Trinajstić information content (AvgIpc) is 2.65. The smallest absolute Gasteiger partial charge is 0.255 e. The summed E-state index contributed by atoms with van der Waals surface area (Å²) in [6, 6.07) is 7.46. The molecule has 124 valence electrons. The van der Waals surface area contributed by atoms with Gasteiger partial charge < -0.3 is 14.5 Å². The second-order valence-corrected chi connectivity index (χ2v) is 5.83. The maximum Gasteiger partial charge on any atom is 0.255 e. The van der Waals surface area contributed by atoms with E-state index in [0.29, 0.717) is 19.6 Å². The number of carbonyl (C=O) groups is 2. The topological polar surface area (TPSA) is 49.9 Å². The highest BCUT2D eigenvalue weighted by atomic mass is 16.5. The fourth-order valence-corrected chi connectivity index (χ4v) is 2.70. The summed E-state index contributed by atoms with van der Waals surface area (Å²) in [6.07, 6.45) is 1.90. The van der Waals surface area contributed by atoms with E-state index in [-0.39, 0.29) is 17.7 Å². The van der Waals surface area contributed by atoms with Crippen molar-refractivity contribution in [1.82, 2.24) is 0 Å². The van der Waals surface area contributed by atoms with E-state index in [2.05, 4.69) is 6.58 Å². The Bertz CT molecular complexity index is 600. The van der Waals surface area contributed by atoms with Crippen molar-refractivity contribution in [2.24, 2.45) is 5.92 Å². The van der Waals surface area contributed by atoms with Gasteiger partial charge in [0.05, 0.1) is 23.9 Å². The molecule has 0 aromatic heterocycles. The first-order valence-electron chi connectivity index (χ1n) is 7.87. The molecule has 0 bridgehead atoms. The van der Waals surface area contributed by atoms with Crippen LogP contribution in [0.3, 0.4) is 0 Å². The summed E-state index contributed by atoms with van der Waals surface area (Å²) in [5, 5.41) is 0. The summed E-state index contributed by atoms with van der Waals surface area (Å²) in [4.78, 5) is 28.5. The minimum atomic E-state index is -0.561. The molecule has 0 saturated heterocycles. The van der Waals surface area contributed by atoms with E-state index in [1.54, 1.807) is 29.8 Å². The van der Waals surface area contributed by atoms with Gasteiger partial charge in [-0.3, -0.25) is 9.59 Å². The number of rotatable bonds is 5. The number of hydrogen-bond acceptors (Lipinski definition) is 3. The predicted octanol–water partition coefficient (Wildman–Crippen LogP) is 2.61. The maximum atomic E-state index is 12.8.